The number of benzene rings is 1. The smallest absolute Gasteiger partial charge is 0.327 e. The zero-order valence-corrected chi connectivity index (χ0v) is 12.1. The number of methoxy groups -OCH3 is 1. The predicted molar refractivity (Wildman–Crippen MR) is 74.3 cm³/mol. The van der Waals surface area contributed by atoms with E-state index in [4.69, 9.17) is 4.74 Å². The Bertz CT molecular complexity index is 399. The molecule has 0 saturated carbocycles. The van der Waals surface area contributed by atoms with Crippen LogP contribution in [-0.4, -0.2) is 31.1 Å². The van der Waals surface area contributed by atoms with Gasteiger partial charge >= 0.3 is 5.97 Å². The quantitative estimate of drug-likeness (QED) is 0.803. The molecule has 1 unspecified atom stereocenters. The van der Waals surface area contributed by atoms with Gasteiger partial charge in [-0.25, -0.2) is 4.79 Å². The average Bonchev–Trinajstić information content (AvgIpc) is 2.42. The van der Waals surface area contributed by atoms with Crippen molar-refractivity contribution in [3.05, 3.63) is 34.3 Å². The zero-order valence-electron chi connectivity index (χ0n) is 10.6. The van der Waals surface area contributed by atoms with Gasteiger partial charge in [-0.15, -0.1) is 0 Å². The van der Waals surface area contributed by atoms with Gasteiger partial charge in [0.05, 0.1) is 7.11 Å². The van der Waals surface area contributed by atoms with Crippen molar-refractivity contribution in [2.24, 2.45) is 0 Å². The number of ether oxygens (including phenoxy) is 1. The number of halogens is 1. The zero-order chi connectivity index (χ0) is 13.0. The van der Waals surface area contributed by atoms with Crippen molar-refractivity contribution in [3.63, 3.8) is 0 Å². The van der Waals surface area contributed by atoms with Crippen LogP contribution in [0.1, 0.15) is 30.9 Å². The van der Waals surface area contributed by atoms with Gasteiger partial charge in [0.25, 0.3) is 0 Å². The fraction of sp³-hybridized carbons (Fsp3) is 0.500. The Balaban J connectivity index is 2.23. The third-order valence-corrected chi connectivity index (χ3v) is 3.89. The molecule has 0 radical (unpaired) electrons. The van der Waals surface area contributed by atoms with Gasteiger partial charge in [-0.1, -0.05) is 34.5 Å². The summed E-state index contributed by atoms with van der Waals surface area (Å²) in [6.45, 7) is 1.94. The fourth-order valence-electron chi connectivity index (χ4n) is 2.43. The Hall–Kier alpha value is -0.870. The van der Waals surface area contributed by atoms with Crippen molar-refractivity contribution >= 4 is 21.9 Å². The number of esters is 1. The van der Waals surface area contributed by atoms with E-state index in [1.165, 1.54) is 13.5 Å². The molecule has 0 N–H and O–H groups in total. The Labute approximate surface area is 116 Å². The first kappa shape index (κ1) is 13.6. The summed E-state index contributed by atoms with van der Waals surface area (Å²) in [4.78, 5) is 14.2. The summed E-state index contributed by atoms with van der Waals surface area (Å²) >= 11 is 3.41. The molecule has 4 heteroatoms. The highest BCUT2D eigenvalue weighted by Crippen LogP contribution is 2.26. The second-order valence-corrected chi connectivity index (χ2v) is 5.49. The van der Waals surface area contributed by atoms with Crippen LogP contribution in [0.25, 0.3) is 0 Å². The van der Waals surface area contributed by atoms with Crippen molar-refractivity contribution in [2.45, 2.75) is 25.3 Å². The van der Waals surface area contributed by atoms with E-state index in [-0.39, 0.29) is 12.0 Å². The Morgan fingerprint density at radius 3 is 2.39 bits per heavy atom. The van der Waals surface area contributed by atoms with E-state index in [1.807, 2.05) is 24.3 Å². The first-order valence-electron chi connectivity index (χ1n) is 6.29. The third kappa shape index (κ3) is 3.12. The van der Waals surface area contributed by atoms with Crippen LogP contribution >= 0.6 is 15.9 Å². The molecule has 1 aliphatic heterocycles. The minimum atomic E-state index is -0.261. The summed E-state index contributed by atoms with van der Waals surface area (Å²) < 4.78 is 5.98. The molecule has 1 aromatic rings. The standard InChI is InChI=1S/C14H18BrNO2/c1-18-14(17)13(16-9-3-2-4-10-16)11-5-7-12(15)8-6-11/h5-8,13H,2-4,9-10H2,1H3. The molecule has 2 rings (SSSR count). The van der Waals surface area contributed by atoms with Crippen molar-refractivity contribution in [3.8, 4) is 0 Å². The maximum absolute atomic E-state index is 12.0. The van der Waals surface area contributed by atoms with Gasteiger partial charge in [0.2, 0.25) is 0 Å². The lowest BCUT2D eigenvalue weighted by Gasteiger charge is -2.33. The summed E-state index contributed by atoms with van der Waals surface area (Å²) in [6.07, 6.45) is 3.57. The highest BCUT2D eigenvalue weighted by Gasteiger charge is 2.29. The van der Waals surface area contributed by atoms with Crippen LogP contribution in [-0.2, 0) is 9.53 Å². The summed E-state index contributed by atoms with van der Waals surface area (Å²) in [7, 11) is 1.46. The van der Waals surface area contributed by atoms with Crippen LogP contribution < -0.4 is 0 Å². The number of rotatable bonds is 3. The van der Waals surface area contributed by atoms with E-state index >= 15 is 0 Å². The first-order chi connectivity index (χ1) is 8.72. The molecule has 1 aliphatic rings. The van der Waals surface area contributed by atoms with E-state index in [2.05, 4.69) is 20.8 Å². The number of carbonyl (C=O) groups is 1. The highest BCUT2D eigenvalue weighted by molar-refractivity contribution is 9.10. The molecule has 18 heavy (non-hydrogen) atoms. The second-order valence-electron chi connectivity index (χ2n) is 4.57. The summed E-state index contributed by atoms with van der Waals surface area (Å²) in [5, 5.41) is 0. The van der Waals surface area contributed by atoms with Crippen LogP contribution in [0.2, 0.25) is 0 Å². The molecule has 98 valence electrons. The van der Waals surface area contributed by atoms with Gasteiger partial charge in [-0.2, -0.15) is 0 Å². The lowest BCUT2D eigenvalue weighted by Crippen LogP contribution is -2.38. The lowest BCUT2D eigenvalue weighted by molar-refractivity contribution is -0.147. The largest absolute Gasteiger partial charge is 0.468 e. The number of likely N-dealkylation sites (tertiary alicyclic amines) is 1. The van der Waals surface area contributed by atoms with Gasteiger partial charge in [0, 0.05) is 4.47 Å². The predicted octanol–water partition coefficient (Wildman–Crippen LogP) is 3.15. The van der Waals surface area contributed by atoms with Crippen molar-refractivity contribution in [1.29, 1.82) is 0 Å². The first-order valence-corrected chi connectivity index (χ1v) is 7.09. The molecular weight excluding hydrogens is 294 g/mol. The Morgan fingerprint density at radius 1 is 1.22 bits per heavy atom. The van der Waals surface area contributed by atoms with Crippen molar-refractivity contribution < 1.29 is 9.53 Å². The van der Waals surface area contributed by atoms with E-state index in [0.29, 0.717) is 0 Å². The molecule has 3 nitrogen and oxygen atoms in total. The van der Waals surface area contributed by atoms with Gasteiger partial charge in [-0.3, -0.25) is 4.90 Å². The van der Waals surface area contributed by atoms with E-state index in [1.54, 1.807) is 0 Å². The molecule has 1 heterocycles. The van der Waals surface area contributed by atoms with Gasteiger partial charge in [-0.05, 0) is 43.6 Å². The molecule has 0 spiro atoms. The Kier molecular flexibility index (Phi) is 4.78. The van der Waals surface area contributed by atoms with Gasteiger partial charge in [0.1, 0.15) is 6.04 Å². The topological polar surface area (TPSA) is 29.5 Å². The molecule has 1 fully saturated rings. The normalized spacial score (nSPS) is 18.3. The number of hydrogen-bond acceptors (Lipinski definition) is 3. The fourth-order valence-corrected chi connectivity index (χ4v) is 2.69. The maximum atomic E-state index is 12.0. The Morgan fingerprint density at radius 2 is 1.83 bits per heavy atom. The number of hydrogen-bond donors (Lipinski definition) is 0. The molecule has 1 aromatic carbocycles. The molecular formula is C14H18BrNO2. The summed E-state index contributed by atoms with van der Waals surface area (Å²) in [6, 6.07) is 7.65. The SMILES string of the molecule is COC(=O)C(c1ccc(Br)cc1)N1CCCCC1. The van der Waals surface area contributed by atoms with Gasteiger partial charge < -0.3 is 4.74 Å². The van der Waals surface area contributed by atoms with E-state index < -0.39 is 0 Å². The van der Waals surface area contributed by atoms with Crippen molar-refractivity contribution in [1.82, 2.24) is 4.90 Å². The third-order valence-electron chi connectivity index (χ3n) is 3.37. The molecule has 1 atom stereocenters. The number of carbonyl (C=O) groups excluding carboxylic acids is 1. The second kappa shape index (κ2) is 6.34. The lowest BCUT2D eigenvalue weighted by atomic mass is 10.0. The van der Waals surface area contributed by atoms with E-state index in [0.717, 1.165) is 36.0 Å². The van der Waals surface area contributed by atoms with E-state index in [9.17, 15) is 4.79 Å². The number of piperidine rings is 1. The van der Waals surface area contributed by atoms with Crippen LogP contribution in [0.4, 0.5) is 0 Å². The average molecular weight is 312 g/mol. The highest BCUT2D eigenvalue weighted by atomic mass is 79.9. The molecule has 1 saturated heterocycles. The maximum Gasteiger partial charge on any atom is 0.327 e. The van der Waals surface area contributed by atoms with Crippen LogP contribution in [0.5, 0.6) is 0 Å². The van der Waals surface area contributed by atoms with Gasteiger partial charge in [0.15, 0.2) is 0 Å². The molecule has 0 bridgehead atoms. The monoisotopic (exact) mass is 311 g/mol. The number of nitrogens with zero attached hydrogens (tertiary/aromatic N) is 1. The minimum absolute atomic E-state index is 0.167. The summed E-state index contributed by atoms with van der Waals surface area (Å²) in [5.74, 6) is -0.167. The van der Waals surface area contributed by atoms with Crippen molar-refractivity contribution in [2.75, 3.05) is 20.2 Å². The van der Waals surface area contributed by atoms with Crippen LogP contribution in [0, 0.1) is 0 Å². The summed E-state index contributed by atoms with van der Waals surface area (Å²) in [5.41, 5.74) is 1.01. The van der Waals surface area contributed by atoms with Crippen LogP contribution in [0.15, 0.2) is 28.7 Å². The van der Waals surface area contributed by atoms with Crippen LogP contribution in [0.3, 0.4) is 0 Å². The molecule has 0 aromatic heterocycles. The minimum Gasteiger partial charge on any atom is -0.468 e. The molecule has 0 amide bonds. The molecule has 0 aliphatic carbocycles.